The Morgan fingerprint density at radius 3 is 2.56 bits per heavy atom. The van der Waals surface area contributed by atoms with Crippen LogP contribution in [0, 0.1) is 5.92 Å². The zero-order valence-corrected chi connectivity index (χ0v) is 14.7. The maximum Gasteiger partial charge on any atom is 0.258 e. The zero-order chi connectivity index (χ0) is 17.6. The summed E-state index contributed by atoms with van der Waals surface area (Å²) in [5, 5.41) is 10.3. The lowest BCUT2D eigenvalue weighted by molar-refractivity contribution is 0.0974. The maximum absolute atomic E-state index is 12.8. The maximum atomic E-state index is 12.8. The molecule has 25 heavy (non-hydrogen) atoms. The summed E-state index contributed by atoms with van der Waals surface area (Å²) in [4.78, 5) is 25.2. The van der Waals surface area contributed by atoms with Gasteiger partial charge in [0.2, 0.25) is 0 Å². The van der Waals surface area contributed by atoms with E-state index in [0.717, 1.165) is 11.8 Å². The number of ketones is 1. The largest absolute Gasteiger partial charge is 0.395 e. The second kappa shape index (κ2) is 8.43. The molecule has 0 amide bonds. The highest BCUT2D eigenvalue weighted by Gasteiger charge is 2.17. The predicted molar refractivity (Wildman–Crippen MR) is 100 cm³/mol. The van der Waals surface area contributed by atoms with Crippen molar-refractivity contribution in [2.24, 2.45) is 5.92 Å². The third kappa shape index (κ3) is 4.18. The molecule has 2 aromatic rings. The highest BCUT2D eigenvalue weighted by atomic mass is 16.3. The van der Waals surface area contributed by atoms with Crippen LogP contribution in [-0.4, -0.2) is 22.1 Å². The molecule has 1 N–H and O–H groups in total. The molecule has 0 saturated heterocycles. The van der Waals surface area contributed by atoms with Crippen molar-refractivity contribution < 1.29 is 9.90 Å². The van der Waals surface area contributed by atoms with Gasteiger partial charge in [0, 0.05) is 30.1 Å². The summed E-state index contributed by atoms with van der Waals surface area (Å²) in [7, 11) is 0. The Kier molecular flexibility index (Phi) is 6.03. The Morgan fingerprint density at radius 2 is 1.84 bits per heavy atom. The molecule has 0 atom stereocenters. The molecule has 1 aliphatic rings. The SMILES string of the molecule is O=C(CCC1CCCCCC1)c1cccc2c(=O)n(CCO)ccc12. The third-order valence-corrected chi connectivity index (χ3v) is 5.41. The van der Waals surface area contributed by atoms with Crippen molar-refractivity contribution in [1.82, 2.24) is 4.57 Å². The fourth-order valence-corrected chi connectivity index (χ4v) is 3.97. The molecule has 1 heterocycles. The van der Waals surface area contributed by atoms with E-state index in [2.05, 4.69) is 0 Å². The van der Waals surface area contributed by atoms with Gasteiger partial charge in [0.15, 0.2) is 5.78 Å². The van der Waals surface area contributed by atoms with Gasteiger partial charge in [-0.2, -0.15) is 0 Å². The van der Waals surface area contributed by atoms with Crippen molar-refractivity contribution in [2.45, 2.75) is 57.9 Å². The van der Waals surface area contributed by atoms with Crippen molar-refractivity contribution in [1.29, 1.82) is 0 Å². The molecule has 1 saturated carbocycles. The molecule has 1 aromatic carbocycles. The van der Waals surface area contributed by atoms with Gasteiger partial charge in [-0.1, -0.05) is 50.7 Å². The molecule has 0 bridgehead atoms. The van der Waals surface area contributed by atoms with E-state index >= 15 is 0 Å². The average molecular weight is 341 g/mol. The molecule has 0 aliphatic heterocycles. The zero-order valence-electron chi connectivity index (χ0n) is 14.7. The van der Waals surface area contributed by atoms with Crippen LogP contribution in [0.25, 0.3) is 10.8 Å². The fourth-order valence-electron chi connectivity index (χ4n) is 3.97. The number of aliphatic hydroxyl groups excluding tert-OH is 1. The second-order valence-corrected chi connectivity index (χ2v) is 7.12. The summed E-state index contributed by atoms with van der Waals surface area (Å²) in [5.41, 5.74) is 0.504. The number of benzene rings is 1. The summed E-state index contributed by atoms with van der Waals surface area (Å²) >= 11 is 0. The van der Waals surface area contributed by atoms with Gasteiger partial charge in [-0.05, 0) is 29.9 Å². The molecule has 3 rings (SSSR count). The Labute approximate surface area is 148 Å². The second-order valence-electron chi connectivity index (χ2n) is 7.12. The van der Waals surface area contributed by atoms with E-state index in [1.165, 1.54) is 43.1 Å². The molecule has 4 nitrogen and oxygen atoms in total. The van der Waals surface area contributed by atoms with E-state index in [9.17, 15) is 9.59 Å². The smallest absolute Gasteiger partial charge is 0.258 e. The van der Waals surface area contributed by atoms with E-state index in [-0.39, 0.29) is 24.5 Å². The molecule has 0 radical (unpaired) electrons. The Hall–Kier alpha value is -1.94. The summed E-state index contributed by atoms with van der Waals surface area (Å²) in [6, 6.07) is 7.19. The highest BCUT2D eigenvalue weighted by molar-refractivity contribution is 6.07. The normalized spacial score (nSPS) is 16.0. The van der Waals surface area contributed by atoms with Crippen molar-refractivity contribution >= 4 is 16.6 Å². The lowest BCUT2D eigenvalue weighted by atomic mass is 9.91. The number of Topliss-reactive ketones (excluding diaryl/α,β-unsaturated/α-hetero) is 1. The van der Waals surface area contributed by atoms with Gasteiger partial charge in [-0.25, -0.2) is 0 Å². The van der Waals surface area contributed by atoms with Crippen LogP contribution in [0.3, 0.4) is 0 Å². The van der Waals surface area contributed by atoms with Crippen LogP contribution in [-0.2, 0) is 6.54 Å². The standard InChI is InChI=1S/C21H27NO3/c23-15-14-22-13-12-17-18(8-5-9-19(17)21(22)25)20(24)11-10-16-6-3-1-2-4-7-16/h5,8-9,12-13,16,23H,1-4,6-7,10-11,14-15H2. The molecule has 134 valence electrons. The quantitative estimate of drug-likeness (QED) is 0.640. The first-order valence-corrected chi connectivity index (χ1v) is 9.47. The lowest BCUT2D eigenvalue weighted by Crippen LogP contribution is -2.21. The van der Waals surface area contributed by atoms with Crippen LogP contribution in [0.5, 0.6) is 0 Å². The number of aliphatic hydroxyl groups is 1. The van der Waals surface area contributed by atoms with Crippen molar-refractivity contribution in [3.63, 3.8) is 0 Å². The minimum absolute atomic E-state index is 0.0780. The molecule has 1 aliphatic carbocycles. The Bertz CT molecular complexity index is 785. The number of carbonyl (C=O) groups is 1. The third-order valence-electron chi connectivity index (χ3n) is 5.41. The first-order valence-electron chi connectivity index (χ1n) is 9.47. The van der Waals surface area contributed by atoms with Crippen LogP contribution in [0.1, 0.15) is 61.7 Å². The van der Waals surface area contributed by atoms with E-state index in [0.29, 0.717) is 23.3 Å². The number of fused-ring (bicyclic) bond motifs is 1. The summed E-state index contributed by atoms with van der Waals surface area (Å²) in [6.45, 7) is 0.194. The molecule has 0 spiro atoms. The van der Waals surface area contributed by atoms with Gasteiger partial charge < -0.3 is 9.67 Å². The number of carbonyl (C=O) groups excluding carboxylic acids is 1. The monoisotopic (exact) mass is 341 g/mol. The van der Waals surface area contributed by atoms with Crippen LogP contribution < -0.4 is 5.56 Å². The first kappa shape index (κ1) is 17.9. The van der Waals surface area contributed by atoms with Crippen LogP contribution >= 0.6 is 0 Å². The average Bonchev–Trinajstić information content (AvgIpc) is 2.90. The molecule has 1 aromatic heterocycles. The van der Waals surface area contributed by atoms with Crippen molar-refractivity contribution in [3.8, 4) is 0 Å². The molecular weight excluding hydrogens is 314 g/mol. The number of nitrogens with zero attached hydrogens (tertiary/aromatic N) is 1. The van der Waals surface area contributed by atoms with Gasteiger partial charge >= 0.3 is 0 Å². The number of hydrogen-bond acceptors (Lipinski definition) is 3. The summed E-state index contributed by atoms with van der Waals surface area (Å²) < 4.78 is 1.49. The number of aromatic nitrogens is 1. The van der Waals surface area contributed by atoms with Crippen LogP contribution in [0.4, 0.5) is 0 Å². The molecular formula is C21H27NO3. The predicted octanol–water partition coefficient (Wildman–Crippen LogP) is 3.93. The van der Waals surface area contributed by atoms with Gasteiger partial charge in [0.1, 0.15) is 0 Å². The highest BCUT2D eigenvalue weighted by Crippen LogP contribution is 2.27. The minimum atomic E-state index is -0.148. The first-order chi connectivity index (χ1) is 12.2. The molecule has 4 heteroatoms. The van der Waals surface area contributed by atoms with Crippen LogP contribution in [0.15, 0.2) is 35.3 Å². The minimum Gasteiger partial charge on any atom is -0.395 e. The van der Waals surface area contributed by atoms with E-state index in [1.807, 2.05) is 12.1 Å². The molecule has 0 unspecified atom stereocenters. The fraction of sp³-hybridized carbons (Fsp3) is 0.524. The number of hydrogen-bond donors (Lipinski definition) is 1. The number of pyridine rings is 1. The molecule has 1 fully saturated rings. The van der Waals surface area contributed by atoms with Crippen molar-refractivity contribution in [3.05, 3.63) is 46.4 Å². The van der Waals surface area contributed by atoms with Gasteiger partial charge in [-0.3, -0.25) is 9.59 Å². The van der Waals surface area contributed by atoms with Gasteiger partial charge in [-0.15, -0.1) is 0 Å². The van der Waals surface area contributed by atoms with E-state index in [1.54, 1.807) is 18.3 Å². The topological polar surface area (TPSA) is 59.3 Å². The van der Waals surface area contributed by atoms with Gasteiger partial charge in [0.05, 0.1) is 6.61 Å². The van der Waals surface area contributed by atoms with E-state index < -0.39 is 0 Å². The van der Waals surface area contributed by atoms with Gasteiger partial charge in [0.25, 0.3) is 5.56 Å². The summed E-state index contributed by atoms with van der Waals surface area (Å²) in [5.74, 6) is 0.803. The number of rotatable bonds is 6. The van der Waals surface area contributed by atoms with Crippen LogP contribution in [0.2, 0.25) is 0 Å². The van der Waals surface area contributed by atoms with E-state index in [4.69, 9.17) is 5.11 Å². The Morgan fingerprint density at radius 1 is 1.08 bits per heavy atom. The lowest BCUT2D eigenvalue weighted by Gasteiger charge is -2.14. The van der Waals surface area contributed by atoms with Crippen molar-refractivity contribution in [2.75, 3.05) is 6.61 Å². The Balaban J connectivity index is 1.79. The summed E-state index contributed by atoms with van der Waals surface area (Å²) in [6.07, 6.45) is 10.9.